The summed E-state index contributed by atoms with van der Waals surface area (Å²) in [6.07, 6.45) is 1.83. The summed E-state index contributed by atoms with van der Waals surface area (Å²) < 4.78 is 0.926. The number of hydrogen-bond acceptors (Lipinski definition) is 4. The topological polar surface area (TPSA) is 44.4 Å². The van der Waals surface area contributed by atoms with Crippen LogP contribution in [0.15, 0.2) is 34.1 Å². The highest BCUT2D eigenvalue weighted by Gasteiger charge is 2.40. The lowest BCUT2D eigenvalue weighted by molar-refractivity contribution is 0.0823. The lowest BCUT2D eigenvalue weighted by atomic mass is 9.92. The maximum atomic E-state index is 12.5. The van der Waals surface area contributed by atoms with E-state index in [1.807, 2.05) is 29.5 Å². The van der Waals surface area contributed by atoms with Crippen molar-refractivity contribution in [3.8, 4) is 0 Å². The summed E-state index contributed by atoms with van der Waals surface area (Å²) in [5.74, 6) is 0.0209. The van der Waals surface area contributed by atoms with Crippen molar-refractivity contribution in [2.45, 2.75) is 32.0 Å². The highest BCUT2D eigenvalue weighted by atomic mass is 79.9. The second kappa shape index (κ2) is 6.17. The third-order valence-corrected chi connectivity index (χ3v) is 6.50. The molecule has 0 bridgehead atoms. The first kappa shape index (κ1) is 16.1. The van der Waals surface area contributed by atoms with Crippen LogP contribution in [-0.2, 0) is 6.54 Å². The van der Waals surface area contributed by atoms with Gasteiger partial charge >= 0.3 is 0 Å². The van der Waals surface area contributed by atoms with Crippen LogP contribution < -0.4 is 10.6 Å². The average molecular weight is 406 g/mol. The Bertz CT molecular complexity index is 780. The fourth-order valence-electron chi connectivity index (χ4n) is 3.50. The molecule has 1 saturated heterocycles. The number of thiophene rings is 1. The first-order valence-electron chi connectivity index (χ1n) is 8.20. The van der Waals surface area contributed by atoms with Crippen molar-refractivity contribution in [2.75, 3.05) is 18.4 Å². The van der Waals surface area contributed by atoms with Gasteiger partial charge in [-0.2, -0.15) is 0 Å². The van der Waals surface area contributed by atoms with E-state index in [1.54, 1.807) is 0 Å². The maximum Gasteiger partial charge on any atom is 0.255 e. The van der Waals surface area contributed by atoms with Gasteiger partial charge in [-0.1, -0.05) is 15.9 Å². The van der Waals surface area contributed by atoms with Crippen molar-refractivity contribution >= 4 is 38.9 Å². The zero-order chi connectivity index (χ0) is 16.7. The van der Waals surface area contributed by atoms with E-state index in [0.717, 1.165) is 42.6 Å². The van der Waals surface area contributed by atoms with Crippen molar-refractivity contribution in [3.63, 3.8) is 0 Å². The van der Waals surface area contributed by atoms with Crippen molar-refractivity contribution in [1.82, 2.24) is 10.2 Å². The van der Waals surface area contributed by atoms with Crippen LogP contribution in [0.1, 0.15) is 33.6 Å². The number of rotatable bonds is 2. The average Bonchev–Trinajstić information content (AvgIpc) is 2.96. The first-order chi connectivity index (χ1) is 11.5. The number of hydrogen-bond donors (Lipinski definition) is 2. The Hall–Kier alpha value is -1.37. The smallest absolute Gasteiger partial charge is 0.255 e. The second-order valence-electron chi connectivity index (χ2n) is 6.65. The molecule has 1 amide bonds. The van der Waals surface area contributed by atoms with Crippen LogP contribution in [0.5, 0.6) is 0 Å². The van der Waals surface area contributed by atoms with Gasteiger partial charge in [0.1, 0.15) is 5.66 Å². The number of anilines is 1. The summed E-state index contributed by atoms with van der Waals surface area (Å²) in [7, 11) is 0. The van der Waals surface area contributed by atoms with Crippen molar-refractivity contribution in [3.05, 3.63) is 50.1 Å². The minimum atomic E-state index is -0.307. The van der Waals surface area contributed by atoms with Crippen molar-refractivity contribution in [1.29, 1.82) is 0 Å². The fourth-order valence-corrected chi connectivity index (χ4v) is 4.81. The Kier molecular flexibility index (Phi) is 4.14. The summed E-state index contributed by atoms with van der Waals surface area (Å²) in [6.45, 7) is 5.15. The molecule has 1 aromatic carbocycles. The number of fused-ring (bicyclic) bond motifs is 1. The van der Waals surface area contributed by atoms with Gasteiger partial charge in [0.2, 0.25) is 0 Å². The number of benzene rings is 1. The molecule has 126 valence electrons. The molecule has 2 N–H and O–H groups in total. The summed E-state index contributed by atoms with van der Waals surface area (Å²) in [5.41, 5.74) is 2.72. The van der Waals surface area contributed by atoms with E-state index >= 15 is 0 Å². The molecule has 0 saturated carbocycles. The molecule has 4 rings (SSSR count). The number of amides is 1. The molecule has 0 aliphatic carbocycles. The van der Waals surface area contributed by atoms with Crippen LogP contribution in [0.2, 0.25) is 0 Å². The number of nitrogens with one attached hydrogen (secondary N) is 2. The van der Waals surface area contributed by atoms with E-state index < -0.39 is 0 Å². The summed E-state index contributed by atoms with van der Waals surface area (Å²) in [4.78, 5) is 16.4. The third-order valence-electron chi connectivity index (χ3n) is 5.00. The Morgan fingerprint density at radius 2 is 2.04 bits per heavy atom. The number of carbonyl (C=O) groups is 1. The van der Waals surface area contributed by atoms with Crippen LogP contribution >= 0.6 is 27.3 Å². The molecule has 0 unspecified atom stereocenters. The highest BCUT2D eigenvalue weighted by Crippen LogP contribution is 2.33. The molecule has 2 aliphatic rings. The SMILES string of the molecule is Cc1ccsc1CN1CCC2(CC1)NC(=O)c1cc(Br)ccc1N2. The van der Waals surface area contributed by atoms with Crippen molar-refractivity contribution in [2.24, 2.45) is 0 Å². The summed E-state index contributed by atoms with van der Waals surface area (Å²) >= 11 is 5.27. The third kappa shape index (κ3) is 2.98. The molecule has 3 heterocycles. The summed E-state index contributed by atoms with van der Waals surface area (Å²) in [5, 5.41) is 8.96. The van der Waals surface area contributed by atoms with Crippen LogP contribution in [0.3, 0.4) is 0 Å². The standard InChI is InChI=1S/C18H20BrN3OS/c1-12-4-9-24-16(12)11-22-7-5-18(6-8-22)20-15-3-2-13(19)10-14(15)17(23)21-18/h2-4,9-10,20H,5-8,11H2,1H3,(H,21,23). The van der Waals surface area contributed by atoms with Gasteiger partial charge in [0.25, 0.3) is 5.91 Å². The normalized spacial score (nSPS) is 19.7. The Balaban J connectivity index is 1.46. The minimum absolute atomic E-state index is 0.0209. The Labute approximate surface area is 154 Å². The number of piperidine rings is 1. The van der Waals surface area contributed by atoms with Gasteiger partial charge in [0.15, 0.2) is 0 Å². The van der Waals surface area contributed by atoms with E-state index in [2.05, 4.69) is 49.8 Å². The number of likely N-dealkylation sites (tertiary alicyclic amines) is 1. The molecule has 2 aromatic rings. The van der Waals surface area contributed by atoms with Crippen LogP contribution in [0, 0.1) is 6.92 Å². The second-order valence-corrected chi connectivity index (χ2v) is 8.57. The number of carbonyl (C=O) groups excluding carboxylic acids is 1. The molecule has 24 heavy (non-hydrogen) atoms. The Morgan fingerprint density at radius 1 is 1.25 bits per heavy atom. The molecular weight excluding hydrogens is 386 g/mol. The van der Waals surface area contributed by atoms with Gasteiger partial charge in [0.05, 0.1) is 5.56 Å². The molecule has 4 nitrogen and oxygen atoms in total. The van der Waals surface area contributed by atoms with Gasteiger partial charge in [-0.25, -0.2) is 0 Å². The molecular formula is C18H20BrN3OS. The largest absolute Gasteiger partial charge is 0.362 e. The number of halogens is 1. The molecule has 1 fully saturated rings. The molecule has 0 atom stereocenters. The van der Waals surface area contributed by atoms with E-state index in [9.17, 15) is 4.79 Å². The van der Waals surface area contributed by atoms with Gasteiger partial charge < -0.3 is 10.6 Å². The van der Waals surface area contributed by atoms with E-state index in [4.69, 9.17) is 0 Å². The predicted molar refractivity (Wildman–Crippen MR) is 102 cm³/mol. The van der Waals surface area contributed by atoms with E-state index in [1.165, 1.54) is 10.4 Å². The minimum Gasteiger partial charge on any atom is -0.362 e. The zero-order valence-electron chi connectivity index (χ0n) is 13.6. The molecule has 2 aliphatic heterocycles. The Morgan fingerprint density at radius 3 is 2.75 bits per heavy atom. The molecule has 0 radical (unpaired) electrons. The van der Waals surface area contributed by atoms with Gasteiger partial charge in [-0.3, -0.25) is 9.69 Å². The zero-order valence-corrected chi connectivity index (χ0v) is 16.0. The van der Waals surface area contributed by atoms with Gasteiger partial charge in [-0.15, -0.1) is 11.3 Å². The van der Waals surface area contributed by atoms with Crippen LogP contribution in [-0.4, -0.2) is 29.6 Å². The first-order valence-corrected chi connectivity index (χ1v) is 9.87. The molecule has 1 spiro atoms. The van der Waals surface area contributed by atoms with Crippen LogP contribution in [0.4, 0.5) is 5.69 Å². The number of nitrogens with zero attached hydrogens (tertiary/aromatic N) is 1. The van der Waals surface area contributed by atoms with Gasteiger partial charge in [-0.05, 0) is 42.1 Å². The monoisotopic (exact) mass is 405 g/mol. The lowest BCUT2D eigenvalue weighted by Gasteiger charge is -2.46. The maximum absolute atomic E-state index is 12.5. The number of aryl methyl sites for hydroxylation is 1. The van der Waals surface area contributed by atoms with E-state index in [0.29, 0.717) is 5.56 Å². The molecule has 1 aromatic heterocycles. The highest BCUT2D eigenvalue weighted by molar-refractivity contribution is 9.10. The lowest BCUT2D eigenvalue weighted by Crippen LogP contribution is -2.62. The van der Waals surface area contributed by atoms with Gasteiger partial charge in [0, 0.05) is 47.5 Å². The fraction of sp³-hybridized carbons (Fsp3) is 0.389. The van der Waals surface area contributed by atoms with E-state index in [-0.39, 0.29) is 11.6 Å². The summed E-state index contributed by atoms with van der Waals surface area (Å²) in [6, 6.07) is 8.02. The predicted octanol–water partition coefficient (Wildman–Crippen LogP) is 3.97. The quantitative estimate of drug-likeness (QED) is 0.794. The van der Waals surface area contributed by atoms with Crippen molar-refractivity contribution < 1.29 is 4.79 Å². The molecule has 6 heteroatoms. The van der Waals surface area contributed by atoms with Crippen LogP contribution in [0.25, 0.3) is 0 Å².